The fraction of sp³-hybridized carbons (Fsp3) is 0.200. The van der Waals surface area contributed by atoms with Crippen molar-refractivity contribution in [2.45, 2.75) is 6.54 Å². The first-order valence-corrected chi connectivity index (χ1v) is 7.47. The van der Waals surface area contributed by atoms with Gasteiger partial charge in [0, 0.05) is 17.2 Å². The van der Waals surface area contributed by atoms with E-state index in [9.17, 15) is 4.79 Å². The number of anilines is 1. The molecule has 8 heteroatoms. The van der Waals surface area contributed by atoms with Gasteiger partial charge in [-0.05, 0) is 37.9 Å². The van der Waals surface area contributed by atoms with E-state index in [0.29, 0.717) is 23.7 Å². The molecule has 0 aromatic carbocycles. The summed E-state index contributed by atoms with van der Waals surface area (Å²) >= 11 is 8.09. The molecule has 0 atom stereocenters. The molecular formula is C10H10Br2N4OS. The molecule has 2 aromatic heterocycles. The molecule has 3 N–H and O–H groups in total. The number of carbonyl (C=O) groups excluding carboxylic acids is 1. The van der Waals surface area contributed by atoms with Gasteiger partial charge >= 0.3 is 0 Å². The number of hydrogen-bond acceptors (Lipinski definition) is 4. The van der Waals surface area contributed by atoms with Crippen LogP contribution in [0.5, 0.6) is 0 Å². The zero-order valence-electron chi connectivity index (χ0n) is 9.19. The first-order valence-electron chi connectivity index (χ1n) is 5.07. The van der Waals surface area contributed by atoms with E-state index in [2.05, 4.69) is 42.3 Å². The number of thiophene rings is 1. The first kappa shape index (κ1) is 13.6. The maximum Gasteiger partial charge on any atom is 0.261 e. The van der Waals surface area contributed by atoms with E-state index >= 15 is 0 Å². The van der Waals surface area contributed by atoms with Gasteiger partial charge in [-0.25, -0.2) is 0 Å². The molecule has 0 aliphatic heterocycles. The molecule has 0 radical (unpaired) electrons. The van der Waals surface area contributed by atoms with E-state index in [0.717, 1.165) is 8.26 Å². The SMILES string of the molecule is Nc1cnn(CCNC(=O)c2cc(Br)c(Br)s2)c1. The van der Waals surface area contributed by atoms with Crippen LogP contribution in [0.25, 0.3) is 0 Å². The average Bonchev–Trinajstić information content (AvgIpc) is 2.87. The zero-order valence-corrected chi connectivity index (χ0v) is 13.2. The molecule has 0 aliphatic carbocycles. The number of nitrogens with one attached hydrogen (secondary N) is 1. The van der Waals surface area contributed by atoms with Crippen LogP contribution in [0.2, 0.25) is 0 Å². The molecule has 2 heterocycles. The van der Waals surface area contributed by atoms with Crippen LogP contribution in [0.15, 0.2) is 26.7 Å². The highest BCUT2D eigenvalue weighted by Crippen LogP contribution is 2.32. The van der Waals surface area contributed by atoms with Gasteiger partial charge in [0.25, 0.3) is 5.91 Å². The van der Waals surface area contributed by atoms with E-state index in [1.165, 1.54) is 11.3 Å². The number of nitrogens with zero attached hydrogens (tertiary/aromatic N) is 2. The summed E-state index contributed by atoms with van der Waals surface area (Å²) in [7, 11) is 0. The van der Waals surface area contributed by atoms with Gasteiger partial charge < -0.3 is 11.1 Å². The predicted molar refractivity (Wildman–Crippen MR) is 78.7 cm³/mol. The molecule has 0 saturated heterocycles. The van der Waals surface area contributed by atoms with Crippen molar-refractivity contribution in [2.75, 3.05) is 12.3 Å². The summed E-state index contributed by atoms with van der Waals surface area (Å²) in [6.07, 6.45) is 3.31. The third-order valence-corrected chi connectivity index (χ3v) is 5.40. The second-order valence-electron chi connectivity index (χ2n) is 3.52. The number of aromatic nitrogens is 2. The summed E-state index contributed by atoms with van der Waals surface area (Å²) < 4.78 is 3.49. The van der Waals surface area contributed by atoms with Crippen molar-refractivity contribution in [1.82, 2.24) is 15.1 Å². The van der Waals surface area contributed by atoms with E-state index < -0.39 is 0 Å². The van der Waals surface area contributed by atoms with Crippen LogP contribution in [0, 0.1) is 0 Å². The van der Waals surface area contributed by atoms with Crippen molar-refractivity contribution in [3.63, 3.8) is 0 Å². The highest BCUT2D eigenvalue weighted by atomic mass is 79.9. The first-order chi connectivity index (χ1) is 8.56. The van der Waals surface area contributed by atoms with Gasteiger partial charge in [-0.1, -0.05) is 0 Å². The highest BCUT2D eigenvalue weighted by Gasteiger charge is 2.11. The van der Waals surface area contributed by atoms with E-state index in [1.807, 2.05) is 0 Å². The summed E-state index contributed by atoms with van der Waals surface area (Å²) in [6, 6.07) is 1.79. The van der Waals surface area contributed by atoms with Crippen LogP contribution in [-0.4, -0.2) is 22.2 Å². The summed E-state index contributed by atoms with van der Waals surface area (Å²) in [4.78, 5) is 12.5. The van der Waals surface area contributed by atoms with Crippen molar-refractivity contribution in [3.05, 3.63) is 31.6 Å². The van der Waals surface area contributed by atoms with Crippen LogP contribution < -0.4 is 11.1 Å². The molecule has 0 saturated carbocycles. The van der Waals surface area contributed by atoms with Crippen molar-refractivity contribution in [1.29, 1.82) is 0 Å². The van der Waals surface area contributed by atoms with E-state index in [-0.39, 0.29) is 5.91 Å². The molecule has 0 bridgehead atoms. The van der Waals surface area contributed by atoms with Gasteiger partial charge in [-0.2, -0.15) is 5.10 Å². The summed E-state index contributed by atoms with van der Waals surface area (Å²) in [5.74, 6) is -0.0912. The second-order valence-corrected chi connectivity index (χ2v) is 6.75. The molecular weight excluding hydrogens is 384 g/mol. The highest BCUT2D eigenvalue weighted by molar-refractivity contribution is 9.13. The van der Waals surface area contributed by atoms with Crippen LogP contribution in [0.4, 0.5) is 5.69 Å². The lowest BCUT2D eigenvalue weighted by Crippen LogP contribution is -2.26. The zero-order chi connectivity index (χ0) is 13.1. The molecule has 0 unspecified atom stereocenters. The number of carbonyl (C=O) groups is 1. The van der Waals surface area contributed by atoms with Crippen molar-refractivity contribution >= 4 is 54.8 Å². The number of halogens is 2. The predicted octanol–water partition coefficient (Wildman–Crippen LogP) is 2.48. The summed E-state index contributed by atoms with van der Waals surface area (Å²) in [5, 5.41) is 6.86. The van der Waals surface area contributed by atoms with Gasteiger partial charge in [0.05, 0.1) is 27.1 Å². The molecule has 0 aliphatic rings. The fourth-order valence-electron chi connectivity index (χ4n) is 1.33. The van der Waals surface area contributed by atoms with Gasteiger partial charge in [0.1, 0.15) is 0 Å². The maximum absolute atomic E-state index is 11.8. The molecule has 0 fully saturated rings. The Hall–Kier alpha value is -0.860. The minimum atomic E-state index is -0.0912. The van der Waals surface area contributed by atoms with Crippen LogP contribution in [0.1, 0.15) is 9.67 Å². The number of rotatable bonds is 4. The van der Waals surface area contributed by atoms with Gasteiger partial charge in [0.2, 0.25) is 0 Å². The lowest BCUT2D eigenvalue weighted by Gasteiger charge is -2.03. The van der Waals surface area contributed by atoms with Crippen LogP contribution in [-0.2, 0) is 6.54 Å². The number of nitrogens with two attached hydrogens (primary N) is 1. The Balaban J connectivity index is 1.85. The number of hydrogen-bond donors (Lipinski definition) is 2. The molecule has 5 nitrogen and oxygen atoms in total. The smallest absolute Gasteiger partial charge is 0.261 e. The van der Waals surface area contributed by atoms with Gasteiger partial charge in [0.15, 0.2) is 0 Å². The number of amides is 1. The lowest BCUT2D eigenvalue weighted by atomic mass is 10.4. The Kier molecular flexibility index (Phi) is 4.41. The van der Waals surface area contributed by atoms with Crippen LogP contribution in [0.3, 0.4) is 0 Å². The Morgan fingerprint density at radius 1 is 1.56 bits per heavy atom. The summed E-state index contributed by atoms with van der Waals surface area (Å²) in [5.41, 5.74) is 6.16. The van der Waals surface area contributed by atoms with Crippen molar-refractivity contribution in [2.24, 2.45) is 0 Å². The van der Waals surface area contributed by atoms with E-state index in [1.54, 1.807) is 23.1 Å². The lowest BCUT2D eigenvalue weighted by molar-refractivity contribution is 0.0956. The third-order valence-electron chi connectivity index (χ3n) is 2.15. The minimum absolute atomic E-state index is 0.0912. The van der Waals surface area contributed by atoms with Gasteiger partial charge in [-0.15, -0.1) is 11.3 Å². The molecule has 2 rings (SSSR count). The number of nitrogen functional groups attached to an aromatic ring is 1. The average molecular weight is 394 g/mol. The Bertz CT molecular complexity index is 546. The fourth-order valence-corrected chi connectivity index (χ4v) is 3.28. The van der Waals surface area contributed by atoms with Gasteiger partial charge in [-0.3, -0.25) is 9.48 Å². The Morgan fingerprint density at radius 3 is 2.89 bits per heavy atom. The largest absolute Gasteiger partial charge is 0.396 e. The second kappa shape index (κ2) is 5.85. The molecule has 0 spiro atoms. The quantitative estimate of drug-likeness (QED) is 0.837. The maximum atomic E-state index is 11.8. The van der Waals surface area contributed by atoms with Crippen molar-refractivity contribution in [3.8, 4) is 0 Å². The standard InChI is InChI=1S/C10H10Br2N4OS/c11-7-3-8(18-9(7)12)10(17)14-1-2-16-5-6(13)4-15-16/h3-5H,1-2,13H2,(H,14,17). The Labute approximate surface area is 125 Å². The minimum Gasteiger partial charge on any atom is -0.396 e. The summed E-state index contributed by atoms with van der Waals surface area (Å²) in [6.45, 7) is 1.10. The molecule has 18 heavy (non-hydrogen) atoms. The van der Waals surface area contributed by atoms with Crippen molar-refractivity contribution < 1.29 is 4.79 Å². The topological polar surface area (TPSA) is 72.9 Å². The molecule has 1 amide bonds. The third kappa shape index (κ3) is 3.33. The van der Waals surface area contributed by atoms with E-state index in [4.69, 9.17) is 5.73 Å². The monoisotopic (exact) mass is 392 g/mol. The Morgan fingerprint density at radius 2 is 2.33 bits per heavy atom. The molecule has 2 aromatic rings. The van der Waals surface area contributed by atoms with Crippen LogP contribution >= 0.6 is 43.2 Å². The normalized spacial score (nSPS) is 10.6. The molecule has 96 valence electrons.